The summed E-state index contributed by atoms with van der Waals surface area (Å²) >= 11 is 0. The Morgan fingerprint density at radius 3 is 2.43 bits per heavy atom. The highest BCUT2D eigenvalue weighted by Crippen LogP contribution is 2.15. The molecule has 0 saturated heterocycles. The first-order valence-corrected chi connectivity index (χ1v) is 4.73. The van der Waals surface area contributed by atoms with E-state index in [0.29, 0.717) is 0 Å². The first-order chi connectivity index (χ1) is 6.74. The van der Waals surface area contributed by atoms with E-state index in [9.17, 15) is 4.79 Å². The van der Waals surface area contributed by atoms with E-state index in [1.807, 2.05) is 38.1 Å². The van der Waals surface area contributed by atoms with E-state index in [-0.39, 0.29) is 5.91 Å². The second kappa shape index (κ2) is 6.89. The van der Waals surface area contributed by atoms with E-state index in [1.54, 1.807) is 6.08 Å². The first-order valence-electron chi connectivity index (χ1n) is 4.73. The molecule has 0 aliphatic rings. The molecule has 0 aromatic heterocycles. The van der Waals surface area contributed by atoms with Crippen LogP contribution < -0.4 is 5.32 Å². The molecule has 0 heterocycles. The fourth-order valence-electron chi connectivity index (χ4n) is 0.978. The molecule has 0 fully saturated rings. The number of carbonyl (C=O) groups excluding carboxylic acids is 1. The van der Waals surface area contributed by atoms with E-state index in [0.717, 1.165) is 11.3 Å². The molecule has 2 nitrogen and oxygen atoms in total. The van der Waals surface area contributed by atoms with Crippen molar-refractivity contribution in [3.8, 4) is 0 Å². The largest absolute Gasteiger partial charge is 0.326 e. The quantitative estimate of drug-likeness (QED) is 0.763. The van der Waals surface area contributed by atoms with Crippen LogP contribution in [0.25, 0.3) is 6.08 Å². The molecule has 0 bridgehead atoms. The van der Waals surface area contributed by atoms with E-state index in [1.165, 1.54) is 6.92 Å². The summed E-state index contributed by atoms with van der Waals surface area (Å²) in [6.07, 6.45) is 1.71. The van der Waals surface area contributed by atoms with Gasteiger partial charge in [-0.25, -0.2) is 0 Å². The molecule has 0 atom stereocenters. The van der Waals surface area contributed by atoms with Crippen molar-refractivity contribution >= 4 is 17.7 Å². The van der Waals surface area contributed by atoms with Crippen molar-refractivity contribution < 1.29 is 4.79 Å². The average Bonchev–Trinajstić information content (AvgIpc) is 2.21. The van der Waals surface area contributed by atoms with E-state index < -0.39 is 0 Å². The summed E-state index contributed by atoms with van der Waals surface area (Å²) in [4.78, 5) is 10.7. The molecule has 1 amide bonds. The van der Waals surface area contributed by atoms with Gasteiger partial charge in [0.2, 0.25) is 5.91 Å². The van der Waals surface area contributed by atoms with Crippen molar-refractivity contribution in [1.29, 1.82) is 0 Å². The summed E-state index contributed by atoms with van der Waals surface area (Å²) in [7, 11) is 0. The van der Waals surface area contributed by atoms with Crippen LogP contribution in [-0.2, 0) is 4.79 Å². The Labute approximate surface area is 85.6 Å². The third kappa shape index (κ3) is 3.90. The third-order valence-corrected chi connectivity index (χ3v) is 1.49. The molecule has 1 aromatic rings. The van der Waals surface area contributed by atoms with Gasteiger partial charge in [-0.15, -0.1) is 0 Å². The first kappa shape index (κ1) is 12.4. The van der Waals surface area contributed by atoms with Gasteiger partial charge in [0, 0.05) is 12.6 Å². The third-order valence-electron chi connectivity index (χ3n) is 1.49. The molecule has 76 valence electrons. The lowest BCUT2D eigenvalue weighted by Crippen LogP contribution is -2.06. The predicted octanol–water partition coefficient (Wildman–Crippen LogP) is 3.31. The SMILES string of the molecule is C=Cc1ccccc1NC(C)=O.CC. The maximum absolute atomic E-state index is 10.7. The van der Waals surface area contributed by atoms with E-state index >= 15 is 0 Å². The second-order valence-electron chi connectivity index (χ2n) is 2.47. The fourth-order valence-corrected chi connectivity index (χ4v) is 0.978. The normalized spacial score (nSPS) is 8.21. The van der Waals surface area contributed by atoms with Gasteiger partial charge in [-0.3, -0.25) is 4.79 Å². The molecule has 0 aliphatic heterocycles. The average molecular weight is 191 g/mol. The van der Waals surface area contributed by atoms with Crippen molar-refractivity contribution in [3.05, 3.63) is 36.4 Å². The van der Waals surface area contributed by atoms with Crippen molar-refractivity contribution in [2.45, 2.75) is 20.8 Å². The molecule has 1 rings (SSSR count). The maximum Gasteiger partial charge on any atom is 0.221 e. The summed E-state index contributed by atoms with van der Waals surface area (Å²) in [5.41, 5.74) is 1.74. The lowest BCUT2D eigenvalue weighted by atomic mass is 10.2. The van der Waals surface area contributed by atoms with Gasteiger partial charge in [0.25, 0.3) is 0 Å². The molecule has 0 unspecified atom stereocenters. The molecular formula is C12H17NO. The molecule has 0 spiro atoms. The molecule has 0 saturated carbocycles. The topological polar surface area (TPSA) is 29.1 Å². The summed E-state index contributed by atoms with van der Waals surface area (Å²) in [5.74, 6) is -0.0655. The number of hydrogen-bond acceptors (Lipinski definition) is 1. The van der Waals surface area contributed by atoms with Crippen LogP contribution in [0.5, 0.6) is 0 Å². The van der Waals surface area contributed by atoms with E-state index in [4.69, 9.17) is 0 Å². The summed E-state index contributed by atoms with van der Waals surface area (Å²) in [6.45, 7) is 9.13. The van der Waals surface area contributed by atoms with Gasteiger partial charge in [-0.2, -0.15) is 0 Å². The number of anilines is 1. The molecular weight excluding hydrogens is 174 g/mol. The van der Waals surface area contributed by atoms with Crippen molar-refractivity contribution in [2.75, 3.05) is 5.32 Å². The van der Waals surface area contributed by atoms with Crippen LogP contribution >= 0.6 is 0 Å². The number of amides is 1. The summed E-state index contributed by atoms with van der Waals surface area (Å²) in [5, 5.41) is 2.71. The highest BCUT2D eigenvalue weighted by Gasteiger charge is 1.97. The van der Waals surface area contributed by atoms with Gasteiger partial charge in [0.1, 0.15) is 0 Å². The zero-order valence-corrected chi connectivity index (χ0v) is 9.00. The monoisotopic (exact) mass is 191 g/mol. The van der Waals surface area contributed by atoms with Crippen LogP contribution in [0.4, 0.5) is 5.69 Å². The predicted molar refractivity (Wildman–Crippen MR) is 62.2 cm³/mol. The molecule has 2 heteroatoms. The zero-order chi connectivity index (χ0) is 11.0. The highest BCUT2D eigenvalue weighted by atomic mass is 16.1. The van der Waals surface area contributed by atoms with Crippen LogP contribution in [-0.4, -0.2) is 5.91 Å². The fraction of sp³-hybridized carbons (Fsp3) is 0.250. The maximum atomic E-state index is 10.7. The number of para-hydroxylation sites is 1. The molecule has 0 radical (unpaired) electrons. The van der Waals surface area contributed by atoms with Crippen LogP contribution in [0.15, 0.2) is 30.8 Å². The molecule has 1 aromatic carbocycles. The van der Waals surface area contributed by atoms with Crippen LogP contribution in [0.3, 0.4) is 0 Å². The minimum Gasteiger partial charge on any atom is -0.326 e. The van der Waals surface area contributed by atoms with E-state index in [2.05, 4.69) is 11.9 Å². The minimum atomic E-state index is -0.0655. The zero-order valence-electron chi connectivity index (χ0n) is 9.00. The van der Waals surface area contributed by atoms with Gasteiger partial charge >= 0.3 is 0 Å². The Balaban J connectivity index is 0.000000791. The van der Waals surface area contributed by atoms with Gasteiger partial charge in [0.15, 0.2) is 0 Å². The molecule has 14 heavy (non-hydrogen) atoms. The van der Waals surface area contributed by atoms with Crippen molar-refractivity contribution in [2.24, 2.45) is 0 Å². The van der Waals surface area contributed by atoms with Crippen LogP contribution in [0.2, 0.25) is 0 Å². The number of benzene rings is 1. The Hall–Kier alpha value is -1.57. The Kier molecular flexibility index (Phi) is 6.12. The molecule has 0 aliphatic carbocycles. The van der Waals surface area contributed by atoms with Crippen LogP contribution in [0.1, 0.15) is 26.3 Å². The van der Waals surface area contributed by atoms with Gasteiger partial charge in [-0.05, 0) is 11.6 Å². The highest BCUT2D eigenvalue weighted by molar-refractivity contribution is 5.91. The summed E-state index contributed by atoms with van der Waals surface area (Å²) in [6, 6.07) is 7.53. The molecule has 1 N–H and O–H groups in total. The smallest absolute Gasteiger partial charge is 0.221 e. The van der Waals surface area contributed by atoms with Crippen molar-refractivity contribution in [1.82, 2.24) is 0 Å². The van der Waals surface area contributed by atoms with Gasteiger partial charge in [-0.1, -0.05) is 44.7 Å². The van der Waals surface area contributed by atoms with Gasteiger partial charge < -0.3 is 5.32 Å². The Morgan fingerprint density at radius 2 is 1.93 bits per heavy atom. The lowest BCUT2D eigenvalue weighted by molar-refractivity contribution is -0.114. The number of hydrogen-bond donors (Lipinski definition) is 1. The standard InChI is InChI=1S/C10H11NO.C2H6/c1-3-9-6-4-5-7-10(9)11-8(2)12;1-2/h3-7H,1H2,2H3,(H,11,12);1-2H3. The Morgan fingerprint density at radius 1 is 1.36 bits per heavy atom. The Bertz CT molecular complexity index is 305. The van der Waals surface area contributed by atoms with Crippen LogP contribution in [0, 0.1) is 0 Å². The lowest BCUT2D eigenvalue weighted by Gasteiger charge is -2.04. The summed E-state index contributed by atoms with van der Waals surface area (Å²) < 4.78 is 0. The minimum absolute atomic E-state index is 0.0655. The van der Waals surface area contributed by atoms with Crippen molar-refractivity contribution in [3.63, 3.8) is 0 Å². The number of rotatable bonds is 2. The number of nitrogens with one attached hydrogen (secondary N) is 1. The second-order valence-corrected chi connectivity index (χ2v) is 2.47. The number of carbonyl (C=O) groups is 1. The van der Waals surface area contributed by atoms with Gasteiger partial charge in [0.05, 0.1) is 0 Å².